The molecule has 2 N–H and O–H groups in total. The van der Waals surface area contributed by atoms with Gasteiger partial charge in [-0.2, -0.15) is 0 Å². The van der Waals surface area contributed by atoms with E-state index in [0.717, 1.165) is 11.5 Å². The fourth-order valence-electron chi connectivity index (χ4n) is 1.54. The van der Waals surface area contributed by atoms with Crippen molar-refractivity contribution >= 4 is 17.4 Å². The van der Waals surface area contributed by atoms with Crippen LogP contribution < -0.4 is 5.32 Å². The third-order valence-electron chi connectivity index (χ3n) is 2.54. The number of aliphatic hydroxyl groups excluding tert-OH is 1. The normalized spacial score (nSPS) is 9.81. The van der Waals surface area contributed by atoms with Gasteiger partial charge in [0.2, 0.25) is 0 Å². The Morgan fingerprint density at radius 3 is 3.05 bits per heavy atom. The quantitative estimate of drug-likeness (QED) is 0.836. The van der Waals surface area contributed by atoms with E-state index < -0.39 is 5.82 Å². The van der Waals surface area contributed by atoms with Crippen LogP contribution in [0.25, 0.3) is 0 Å². The maximum absolute atomic E-state index is 13.7. The molecule has 0 saturated heterocycles. The maximum Gasteiger partial charge on any atom is 0.264 e. The van der Waals surface area contributed by atoms with Crippen molar-refractivity contribution in [2.45, 2.75) is 13.0 Å². The van der Waals surface area contributed by atoms with Crippen molar-refractivity contribution in [2.24, 2.45) is 0 Å². The number of nitrogens with zero attached hydrogens (tertiary/aromatic N) is 2. The van der Waals surface area contributed by atoms with Gasteiger partial charge in [-0.25, -0.2) is 4.39 Å². The first-order valence-electron chi connectivity index (χ1n) is 6.14. The molecule has 108 valence electrons. The monoisotopic (exact) mass is 305 g/mol. The van der Waals surface area contributed by atoms with Crippen LogP contribution in [0.15, 0.2) is 24.4 Å². The molecule has 0 aliphatic rings. The lowest BCUT2D eigenvalue weighted by Gasteiger charge is -2.05. The Morgan fingerprint density at radius 1 is 1.48 bits per heavy atom. The summed E-state index contributed by atoms with van der Waals surface area (Å²) >= 11 is 0.974. The third-order valence-corrected chi connectivity index (χ3v) is 3.20. The average Bonchev–Trinajstić information content (AvgIpc) is 3.02. The number of carbonyl (C=O) groups excluding carboxylic acids is 1. The fraction of sp³-hybridized carbons (Fsp3) is 0.214. The highest BCUT2D eigenvalue weighted by Crippen LogP contribution is 2.11. The van der Waals surface area contributed by atoms with Gasteiger partial charge in [0.15, 0.2) is 0 Å². The van der Waals surface area contributed by atoms with E-state index in [1.54, 1.807) is 12.1 Å². The van der Waals surface area contributed by atoms with Crippen LogP contribution in [0.2, 0.25) is 0 Å². The van der Waals surface area contributed by atoms with E-state index in [1.165, 1.54) is 12.3 Å². The fourth-order valence-corrected chi connectivity index (χ4v) is 1.97. The Labute approximate surface area is 125 Å². The van der Waals surface area contributed by atoms with E-state index in [1.807, 2.05) is 0 Å². The molecule has 0 unspecified atom stereocenters. The Kier molecular flexibility index (Phi) is 5.37. The molecule has 0 saturated carbocycles. The van der Waals surface area contributed by atoms with E-state index in [0.29, 0.717) is 22.4 Å². The summed E-state index contributed by atoms with van der Waals surface area (Å²) < 4.78 is 17.3. The molecule has 0 bridgehead atoms. The predicted molar refractivity (Wildman–Crippen MR) is 76.1 cm³/mol. The van der Waals surface area contributed by atoms with E-state index >= 15 is 0 Å². The molecule has 0 radical (unpaired) electrons. The molecular weight excluding hydrogens is 293 g/mol. The lowest BCUT2D eigenvalue weighted by molar-refractivity contribution is 0.0954. The zero-order valence-corrected chi connectivity index (χ0v) is 11.8. The molecule has 1 aromatic carbocycles. The summed E-state index contributed by atoms with van der Waals surface area (Å²) in [4.78, 5) is 12.1. The summed E-state index contributed by atoms with van der Waals surface area (Å²) in [5, 5.41) is 14.8. The second kappa shape index (κ2) is 7.47. The van der Waals surface area contributed by atoms with Crippen molar-refractivity contribution in [2.75, 3.05) is 6.61 Å². The van der Waals surface area contributed by atoms with E-state index in [4.69, 9.17) is 5.11 Å². The van der Waals surface area contributed by atoms with Crippen molar-refractivity contribution in [3.8, 4) is 11.8 Å². The van der Waals surface area contributed by atoms with Gasteiger partial charge in [0.1, 0.15) is 10.7 Å². The summed E-state index contributed by atoms with van der Waals surface area (Å²) in [6.45, 7) is 0.0398. The van der Waals surface area contributed by atoms with Crippen molar-refractivity contribution in [1.82, 2.24) is 14.9 Å². The topological polar surface area (TPSA) is 75.1 Å². The van der Waals surface area contributed by atoms with Crippen LogP contribution in [0.3, 0.4) is 0 Å². The van der Waals surface area contributed by atoms with Crippen LogP contribution in [-0.2, 0) is 6.54 Å². The van der Waals surface area contributed by atoms with Crippen molar-refractivity contribution in [1.29, 1.82) is 0 Å². The van der Waals surface area contributed by atoms with E-state index in [-0.39, 0.29) is 19.1 Å². The molecule has 2 aromatic rings. The van der Waals surface area contributed by atoms with Crippen molar-refractivity contribution < 1.29 is 14.3 Å². The zero-order valence-electron chi connectivity index (χ0n) is 11.0. The van der Waals surface area contributed by atoms with Crippen LogP contribution in [0.4, 0.5) is 4.39 Å². The average molecular weight is 305 g/mol. The van der Waals surface area contributed by atoms with Gasteiger partial charge in [-0.15, -0.1) is 5.10 Å². The van der Waals surface area contributed by atoms with Crippen molar-refractivity contribution in [3.63, 3.8) is 0 Å². The smallest absolute Gasteiger partial charge is 0.264 e. The summed E-state index contributed by atoms with van der Waals surface area (Å²) in [6.07, 6.45) is 1.72. The minimum atomic E-state index is -0.412. The van der Waals surface area contributed by atoms with E-state index in [2.05, 4.69) is 26.7 Å². The molecule has 21 heavy (non-hydrogen) atoms. The minimum Gasteiger partial charge on any atom is -0.395 e. The van der Waals surface area contributed by atoms with Gasteiger partial charge < -0.3 is 10.4 Å². The number of rotatable bonds is 4. The number of benzene rings is 1. The molecule has 0 aliphatic heterocycles. The van der Waals surface area contributed by atoms with Crippen LogP contribution >= 0.6 is 11.5 Å². The van der Waals surface area contributed by atoms with Crippen LogP contribution in [-0.4, -0.2) is 27.2 Å². The molecule has 0 fully saturated rings. The van der Waals surface area contributed by atoms with Gasteiger partial charge in [-0.1, -0.05) is 16.3 Å². The summed E-state index contributed by atoms with van der Waals surface area (Å²) in [7, 11) is 0. The van der Waals surface area contributed by atoms with Crippen molar-refractivity contribution in [3.05, 3.63) is 46.2 Å². The first kappa shape index (κ1) is 15.1. The van der Waals surface area contributed by atoms with Crippen LogP contribution in [0.1, 0.15) is 27.2 Å². The zero-order chi connectivity index (χ0) is 15.1. The summed E-state index contributed by atoms with van der Waals surface area (Å²) in [5.41, 5.74) is 0.977. The number of aromatic nitrogens is 2. The number of halogens is 1. The number of nitrogens with one attached hydrogen (secondary N) is 1. The molecule has 5 nitrogen and oxygen atoms in total. The highest BCUT2D eigenvalue weighted by molar-refractivity contribution is 7.07. The molecular formula is C14H12FN3O2S. The first-order valence-corrected chi connectivity index (χ1v) is 6.91. The highest BCUT2D eigenvalue weighted by Gasteiger charge is 2.09. The highest BCUT2D eigenvalue weighted by atomic mass is 32.1. The Balaban J connectivity index is 2.04. The summed E-state index contributed by atoms with van der Waals surface area (Å²) in [6, 6.07) is 4.43. The Morgan fingerprint density at radius 2 is 2.33 bits per heavy atom. The second-order valence-corrected chi connectivity index (χ2v) is 4.83. The van der Waals surface area contributed by atoms with Gasteiger partial charge in [-0.3, -0.25) is 4.79 Å². The molecule has 1 amide bonds. The molecule has 0 aliphatic carbocycles. The second-order valence-electron chi connectivity index (χ2n) is 4.05. The number of amides is 1. The van der Waals surface area contributed by atoms with Gasteiger partial charge in [0.05, 0.1) is 12.8 Å². The Hall–Kier alpha value is -2.30. The number of hydrogen-bond acceptors (Lipinski definition) is 5. The predicted octanol–water partition coefficient (Wildman–Crippen LogP) is 1.34. The number of carbonyl (C=O) groups is 1. The lowest BCUT2D eigenvalue weighted by Crippen LogP contribution is -2.22. The number of aliphatic hydroxyl groups is 1. The minimum absolute atomic E-state index is 0.0139. The Bertz CT molecular complexity index is 677. The lowest BCUT2D eigenvalue weighted by atomic mass is 10.1. The van der Waals surface area contributed by atoms with Gasteiger partial charge in [-0.05, 0) is 29.7 Å². The van der Waals surface area contributed by atoms with Crippen LogP contribution in [0.5, 0.6) is 0 Å². The largest absolute Gasteiger partial charge is 0.395 e. The van der Waals surface area contributed by atoms with E-state index in [9.17, 15) is 9.18 Å². The standard InChI is InChI=1S/C14H12FN3O2S/c15-12-5-4-10(3-1-2-6-19)7-11(12)8-16-14(20)13-9-17-18-21-13/h4-5,7,9,19H,2,6,8H2,(H,16,20). The molecule has 0 atom stereocenters. The molecule has 1 heterocycles. The molecule has 0 spiro atoms. The SMILES string of the molecule is O=C(NCc1cc(C#CCCO)ccc1F)c1cnns1. The van der Waals surface area contributed by atoms with Crippen LogP contribution in [0, 0.1) is 17.7 Å². The molecule has 7 heteroatoms. The van der Waals surface area contributed by atoms with Gasteiger partial charge in [0, 0.05) is 24.1 Å². The van der Waals surface area contributed by atoms with Gasteiger partial charge >= 0.3 is 0 Å². The molecule has 2 rings (SSSR count). The summed E-state index contributed by atoms with van der Waals surface area (Å²) in [5.74, 6) is 4.82. The number of hydrogen-bond donors (Lipinski definition) is 2. The maximum atomic E-state index is 13.7. The molecule has 1 aromatic heterocycles. The van der Waals surface area contributed by atoms with Gasteiger partial charge in [0.25, 0.3) is 5.91 Å². The third kappa shape index (κ3) is 4.34. The first-order chi connectivity index (χ1) is 10.2.